The number of hydrogen-bond donors (Lipinski definition) is 2. The second-order valence-corrected chi connectivity index (χ2v) is 7.03. The van der Waals surface area contributed by atoms with E-state index in [-0.39, 0.29) is 5.91 Å². The Morgan fingerprint density at radius 2 is 1.93 bits per heavy atom. The average molecular weight is 442 g/mol. The number of H-pyrrole nitrogens is 1. The number of carbonyl (C=O) groups is 1. The highest BCUT2D eigenvalue weighted by Gasteiger charge is 1.93. The van der Waals surface area contributed by atoms with Crippen LogP contribution < -0.4 is 5.73 Å². The number of benzene rings is 2. The number of aromatic nitrogens is 1. The van der Waals surface area contributed by atoms with Crippen LogP contribution in [0.5, 0.6) is 0 Å². The summed E-state index contributed by atoms with van der Waals surface area (Å²) >= 11 is 3.35. The van der Waals surface area contributed by atoms with Gasteiger partial charge in [0.15, 0.2) is 0 Å². The molecule has 3 aromatic rings. The molecule has 0 aliphatic carbocycles. The number of aryl methyl sites for hydroxylation is 1. The monoisotopic (exact) mass is 441 g/mol. The van der Waals surface area contributed by atoms with Crippen molar-refractivity contribution in [1.29, 1.82) is 5.26 Å². The maximum absolute atomic E-state index is 10.1. The lowest BCUT2D eigenvalue weighted by molar-refractivity contribution is -0.118. The van der Waals surface area contributed by atoms with Crippen molar-refractivity contribution in [2.24, 2.45) is 5.73 Å². The number of para-hydroxylation sites is 1. The van der Waals surface area contributed by atoms with Crippen LogP contribution in [0.1, 0.15) is 43.7 Å². The molecule has 2 aromatic carbocycles. The molecular weight excluding hydrogens is 414 g/mol. The van der Waals surface area contributed by atoms with Crippen LogP contribution in [-0.4, -0.2) is 16.2 Å². The van der Waals surface area contributed by atoms with Crippen LogP contribution in [0.2, 0.25) is 0 Å². The molecule has 0 spiro atoms. The zero-order valence-corrected chi connectivity index (χ0v) is 17.9. The van der Waals surface area contributed by atoms with Crippen molar-refractivity contribution >= 4 is 32.7 Å². The largest absolute Gasteiger partial charge is 0.370 e. The third-order valence-corrected chi connectivity index (χ3v) is 4.32. The smallest absolute Gasteiger partial charge is 0.217 e. The van der Waals surface area contributed by atoms with E-state index in [0.29, 0.717) is 6.42 Å². The third-order valence-electron chi connectivity index (χ3n) is 3.93. The second kappa shape index (κ2) is 14.5. The Kier molecular flexibility index (Phi) is 12.1. The number of rotatable bonds is 6. The van der Waals surface area contributed by atoms with Gasteiger partial charge in [-0.25, -0.2) is 0 Å². The SMILES string of the molecule is CCCCCC(N)=O.N#Cc1cccc(CCBr)c1.c1ccc2[nH]ccc2c1. The maximum Gasteiger partial charge on any atom is 0.217 e. The first-order valence-corrected chi connectivity index (χ1v) is 10.6. The zero-order chi connectivity index (χ0) is 20.6. The number of primary amides is 1. The van der Waals surface area contributed by atoms with Crippen LogP contribution in [-0.2, 0) is 11.2 Å². The van der Waals surface area contributed by atoms with Crippen LogP contribution in [0.15, 0.2) is 60.8 Å². The Labute approximate surface area is 175 Å². The fraction of sp³-hybridized carbons (Fsp3) is 0.304. The fourth-order valence-electron chi connectivity index (χ4n) is 2.45. The van der Waals surface area contributed by atoms with E-state index in [1.54, 1.807) is 0 Å². The molecule has 1 heterocycles. The number of amides is 1. The summed E-state index contributed by atoms with van der Waals surface area (Å²) < 4.78 is 0. The van der Waals surface area contributed by atoms with Crippen molar-refractivity contribution < 1.29 is 4.79 Å². The summed E-state index contributed by atoms with van der Waals surface area (Å²) in [4.78, 5) is 13.2. The van der Waals surface area contributed by atoms with Gasteiger partial charge < -0.3 is 10.7 Å². The van der Waals surface area contributed by atoms with Crippen molar-refractivity contribution in [3.05, 3.63) is 71.9 Å². The highest BCUT2D eigenvalue weighted by Crippen LogP contribution is 2.09. The van der Waals surface area contributed by atoms with E-state index in [1.807, 2.05) is 42.6 Å². The number of fused-ring (bicyclic) bond motifs is 1. The van der Waals surface area contributed by atoms with E-state index in [4.69, 9.17) is 11.0 Å². The molecule has 0 aliphatic heterocycles. The number of nitrogens with two attached hydrogens (primary N) is 1. The fourth-order valence-corrected chi connectivity index (χ4v) is 2.91. The molecule has 0 bridgehead atoms. The Morgan fingerprint density at radius 3 is 2.57 bits per heavy atom. The van der Waals surface area contributed by atoms with Gasteiger partial charge in [-0.3, -0.25) is 4.79 Å². The number of alkyl halides is 1. The topological polar surface area (TPSA) is 82.7 Å². The van der Waals surface area contributed by atoms with Crippen molar-refractivity contribution in [3.63, 3.8) is 0 Å². The van der Waals surface area contributed by atoms with Gasteiger partial charge in [-0.1, -0.05) is 66.0 Å². The number of halogens is 1. The Morgan fingerprint density at radius 1 is 1.14 bits per heavy atom. The van der Waals surface area contributed by atoms with E-state index in [2.05, 4.69) is 52.1 Å². The summed E-state index contributed by atoms with van der Waals surface area (Å²) in [5.41, 5.74) is 8.05. The molecule has 1 amide bonds. The van der Waals surface area contributed by atoms with E-state index < -0.39 is 0 Å². The highest BCUT2D eigenvalue weighted by molar-refractivity contribution is 9.09. The maximum atomic E-state index is 10.1. The molecule has 0 radical (unpaired) electrons. The third kappa shape index (κ3) is 9.94. The predicted octanol–water partition coefficient (Wildman–Crippen LogP) is 5.72. The number of hydrogen-bond acceptors (Lipinski definition) is 2. The molecule has 5 heteroatoms. The van der Waals surface area contributed by atoms with E-state index in [0.717, 1.165) is 36.6 Å². The summed E-state index contributed by atoms with van der Waals surface area (Å²) in [7, 11) is 0. The highest BCUT2D eigenvalue weighted by atomic mass is 79.9. The number of carbonyl (C=O) groups excluding carboxylic acids is 1. The molecule has 0 unspecified atom stereocenters. The number of nitrogens with one attached hydrogen (secondary N) is 1. The molecule has 148 valence electrons. The summed E-state index contributed by atoms with van der Waals surface area (Å²) in [5, 5.41) is 10.8. The lowest BCUT2D eigenvalue weighted by Crippen LogP contribution is -2.09. The molecule has 0 saturated carbocycles. The normalized spacial score (nSPS) is 9.46. The standard InChI is InChI=1S/C9H8BrN.C8H7N.C6H13NO/c10-5-4-8-2-1-3-9(6-8)7-11;1-2-4-8-7(3-1)5-6-9-8;1-2-3-4-5-6(7)8/h1-3,6H,4-5H2;1-6,9H;2-5H2,1H3,(H2,7,8). The molecule has 0 aliphatic rings. The van der Waals surface area contributed by atoms with Crippen LogP contribution in [0.4, 0.5) is 0 Å². The Hall–Kier alpha value is -2.58. The molecule has 3 rings (SSSR count). The first-order valence-electron chi connectivity index (χ1n) is 9.46. The average Bonchev–Trinajstić information content (AvgIpc) is 3.18. The molecule has 0 saturated heterocycles. The van der Waals surface area contributed by atoms with E-state index in [9.17, 15) is 4.79 Å². The summed E-state index contributed by atoms with van der Waals surface area (Å²) in [5.74, 6) is -0.182. The van der Waals surface area contributed by atoms with Crippen molar-refractivity contribution in [2.45, 2.75) is 39.0 Å². The summed E-state index contributed by atoms with van der Waals surface area (Å²) in [6.07, 6.45) is 6.69. The Balaban J connectivity index is 0.000000213. The van der Waals surface area contributed by atoms with Crippen molar-refractivity contribution in [3.8, 4) is 6.07 Å². The number of aromatic amines is 1. The first-order chi connectivity index (χ1) is 13.6. The van der Waals surface area contributed by atoms with E-state index >= 15 is 0 Å². The second-order valence-electron chi connectivity index (χ2n) is 6.24. The van der Waals surface area contributed by atoms with Gasteiger partial charge >= 0.3 is 0 Å². The molecule has 0 fully saturated rings. The minimum atomic E-state index is -0.182. The minimum absolute atomic E-state index is 0.182. The van der Waals surface area contributed by atoms with Gasteiger partial charge in [-0.05, 0) is 48.1 Å². The number of nitrogens with zero attached hydrogens (tertiary/aromatic N) is 1. The van der Waals surface area contributed by atoms with Crippen LogP contribution in [0.3, 0.4) is 0 Å². The van der Waals surface area contributed by atoms with Gasteiger partial charge in [0.1, 0.15) is 0 Å². The first kappa shape index (κ1) is 23.5. The zero-order valence-electron chi connectivity index (χ0n) is 16.3. The number of nitriles is 1. The van der Waals surface area contributed by atoms with Gasteiger partial charge in [-0.15, -0.1) is 0 Å². The van der Waals surface area contributed by atoms with Gasteiger partial charge in [0, 0.05) is 23.5 Å². The molecular formula is C23H28BrN3O. The van der Waals surface area contributed by atoms with Crippen LogP contribution >= 0.6 is 15.9 Å². The predicted molar refractivity (Wildman–Crippen MR) is 120 cm³/mol. The molecule has 4 nitrogen and oxygen atoms in total. The lowest BCUT2D eigenvalue weighted by atomic mass is 10.1. The van der Waals surface area contributed by atoms with Gasteiger partial charge in [0.25, 0.3) is 0 Å². The minimum Gasteiger partial charge on any atom is -0.370 e. The number of unbranched alkanes of at least 4 members (excludes halogenated alkanes) is 2. The van der Waals surface area contributed by atoms with Gasteiger partial charge in [-0.2, -0.15) is 5.26 Å². The molecule has 28 heavy (non-hydrogen) atoms. The van der Waals surface area contributed by atoms with Gasteiger partial charge in [0.05, 0.1) is 11.6 Å². The lowest BCUT2D eigenvalue weighted by Gasteiger charge is -1.96. The molecule has 1 aromatic heterocycles. The van der Waals surface area contributed by atoms with Crippen molar-refractivity contribution in [2.75, 3.05) is 5.33 Å². The van der Waals surface area contributed by atoms with Crippen molar-refractivity contribution in [1.82, 2.24) is 4.98 Å². The van der Waals surface area contributed by atoms with Crippen LogP contribution in [0.25, 0.3) is 10.9 Å². The van der Waals surface area contributed by atoms with E-state index in [1.165, 1.54) is 16.5 Å². The van der Waals surface area contributed by atoms with Gasteiger partial charge in [0.2, 0.25) is 5.91 Å². The summed E-state index contributed by atoms with van der Waals surface area (Å²) in [6.45, 7) is 2.10. The quantitative estimate of drug-likeness (QED) is 0.378. The molecule has 0 atom stereocenters. The van der Waals surface area contributed by atoms with Crippen LogP contribution in [0, 0.1) is 11.3 Å². The Bertz CT molecular complexity index is 837. The summed E-state index contributed by atoms with van der Waals surface area (Å²) in [6, 6.07) is 20.1. The molecule has 3 N–H and O–H groups in total.